The van der Waals surface area contributed by atoms with Crippen LogP contribution in [0.4, 0.5) is 11.4 Å². The lowest BCUT2D eigenvalue weighted by Gasteiger charge is -2.36. The number of carbonyl (C=O) groups is 1. The molecule has 0 unspecified atom stereocenters. The second kappa shape index (κ2) is 8.03. The Balaban J connectivity index is 1.61. The highest BCUT2D eigenvalue weighted by Crippen LogP contribution is 2.24. The fourth-order valence-corrected chi connectivity index (χ4v) is 3.26. The molecule has 0 N–H and O–H groups in total. The van der Waals surface area contributed by atoms with E-state index in [1.807, 2.05) is 4.90 Å². The van der Waals surface area contributed by atoms with E-state index in [1.165, 1.54) is 35.0 Å². The number of amides is 1. The summed E-state index contributed by atoms with van der Waals surface area (Å²) in [5, 5.41) is 10.8. The first kappa shape index (κ1) is 18.6. The Morgan fingerprint density at radius 1 is 1.07 bits per heavy atom. The average Bonchev–Trinajstić information content (AvgIpc) is 2.68. The van der Waals surface area contributed by atoms with Gasteiger partial charge in [-0.1, -0.05) is 24.3 Å². The van der Waals surface area contributed by atoms with Crippen LogP contribution in [0.2, 0.25) is 0 Å². The molecule has 0 radical (unpaired) electrons. The predicted octanol–water partition coefficient (Wildman–Crippen LogP) is 3.57. The highest BCUT2D eigenvalue weighted by atomic mass is 16.6. The summed E-state index contributed by atoms with van der Waals surface area (Å²) in [6.07, 6.45) is 3.12. The number of anilines is 1. The van der Waals surface area contributed by atoms with Crippen molar-refractivity contribution >= 4 is 23.4 Å². The molecule has 0 saturated carbocycles. The van der Waals surface area contributed by atoms with E-state index in [0.29, 0.717) is 18.7 Å². The summed E-state index contributed by atoms with van der Waals surface area (Å²) < 4.78 is 0. The van der Waals surface area contributed by atoms with Gasteiger partial charge in [-0.25, -0.2) is 0 Å². The zero-order valence-electron chi connectivity index (χ0n) is 15.6. The van der Waals surface area contributed by atoms with E-state index in [2.05, 4.69) is 36.9 Å². The van der Waals surface area contributed by atoms with Crippen molar-refractivity contribution in [2.75, 3.05) is 31.1 Å². The highest BCUT2D eigenvalue weighted by Gasteiger charge is 2.21. The molecule has 3 rings (SSSR count). The minimum absolute atomic E-state index is 0.0201. The normalized spacial score (nSPS) is 14.6. The molecule has 0 spiro atoms. The lowest BCUT2D eigenvalue weighted by molar-refractivity contribution is -0.384. The summed E-state index contributed by atoms with van der Waals surface area (Å²) in [4.78, 5) is 27.0. The van der Waals surface area contributed by atoms with E-state index in [1.54, 1.807) is 18.2 Å². The first-order valence-electron chi connectivity index (χ1n) is 8.98. The van der Waals surface area contributed by atoms with Crippen molar-refractivity contribution in [1.29, 1.82) is 0 Å². The second-order valence-corrected chi connectivity index (χ2v) is 6.72. The van der Waals surface area contributed by atoms with Gasteiger partial charge in [-0.05, 0) is 42.7 Å². The number of hydrogen-bond donors (Lipinski definition) is 0. The van der Waals surface area contributed by atoms with E-state index < -0.39 is 4.92 Å². The number of nitro groups is 1. The van der Waals surface area contributed by atoms with Crippen molar-refractivity contribution in [3.05, 3.63) is 75.3 Å². The molecule has 0 atom stereocenters. The van der Waals surface area contributed by atoms with Crippen LogP contribution in [0.15, 0.2) is 48.5 Å². The van der Waals surface area contributed by atoms with Gasteiger partial charge in [0.05, 0.1) is 4.92 Å². The number of nitro benzene ring substituents is 1. The number of benzene rings is 2. The van der Waals surface area contributed by atoms with Gasteiger partial charge in [0.25, 0.3) is 5.69 Å². The summed E-state index contributed by atoms with van der Waals surface area (Å²) in [5.41, 5.74) is 4.45. The van der Waals surface area contributed by atoms with Crippen molar-refractivity contribution in [3.8, 4) is 0 Å². The number of hydrogen-bond acceptors (Lipinski definition) is 4. The lowest BCUT2D eigenvalue weighted by Crippen LogP contribution is -2.48. The van der Waals surface area contributed by atoms with Crippen LogP contribution >= 0.6 is 0 Å². The second-order valence-electron chi connectivity index (χ2n) is 6.72. The molecule has 1 fully saturated rings. The maximum atomic E-state index is 12.4. The van der Waals surface area contributed by atoms with Crippen LogP contribution in [-0.2, 0) is 4.79 Å². The van der Waals surface area contributed by atoms with E-state index in [0.717, 1.165) is 13.1 Å². The van der Waals surface area contributed by atoms with Gasteiger partial charge in [0, 0.05) is 50.1 Å². The molecule has 27 heavy (non-hydrogen) atoms. The van der Waals surface area contributed by atoms with E-state index in [4.69, 9.17) is 0 Å². The molecule has 0 bridgehead atoms. The number of non-ortho nitro benzene ring substituents is 1. The van der Waals surface area contributed by atoms with Gasteiger partial charge in [0.2, 0.25) is 5.91 Å². The summed E-state index contributed by atoms with van der Waals surface area (Å²) >= 11 is 0. The number of rotatable bonds is 4. The summed E-state index contributed by atoms with van der Waals surface area (Å²) in [6, 6.07) is 12.6. The van der Waals surface area contributed by atoms with E-state index in [-0.39, 0.29) is 11.6 Å². The van der Waals surface area contributed by atoms with Crippen molar-refractivity contribution in [3.63, 3.8) is 0 Å². The highest BCUT2D eigenvalue weighted by molar-refractivity contribution is 5.92. The Morgan fingerprint density at radius 3 is 2.48 bits per heavy atom. The Kier molecular flexibility index (Phi) is 5.54. The molecular weight excluding hydrogens is 342 g/mol. The van der Waals surface area contributed by atoms with Gasteiger partial charge in [-0.15, -0.1) is 0 Å². The number of nitrogens with zero attached hydrogens (tertiary/aromatic N) is 3. The van der Waals surface area contributed by atoms with Crippen LogP contribution in [0.3, 0.4) is 0 Å². The van der Waals surface area contributed by atoms with Crippen molar-refractivity contribution in [1.82, 2.24) is 4.90 Å². The molecule has 1 heterocycles. The maximum Gasteiger partial charge on any atom is 0.270 e. The third-order valence-electron chi connectivity index (χ3n) is 5.01. The molecule has 2 aromatic carbocycles. The maximum absolute atomic E-state index is 12.4. The summed E-state index contributed by atoms with van der Waals surface area (Å²) in [5.74, 6) is -0.0675. The SMILES string of the molecule is Cc1cccc(N2CCN(C(=O)/C=C\c3cccc([N+](=O)[O-])c3)CC2)c1C. The van der Waals surface area contributed by atoms with E-state index >= 15 is 0 Å². The van der Waals surface area contributed by atoms with Crippen LogP contribution < -0.4 is 4.90 Å². The van der Waals surface area contributed by atoms with Crippen molar-refractivity contribution in [2.24, 2.45) is 0 Å². The monoisotopic (exact) mass is 365 g/mol. The molecule has 6 heteroatoms. The predicted molar refractivity (Wildman–Crippen MR) is 107 cm³/mol. The molecule has 0 aliphatic carbocycles. The molecule has 140 valence electrons. The molecule has 6 nitrogen and oxygen atoms in total. The zero-order valence-corrected chi connectivity index (χ0v) is 15.6. The fourth-order valence-electron chi connectivity index (χ4n) is 3.26. The van der Waals surface area contributed by atoms with Gasteiger partial charge in [-0.3, -0.25) is 14.9 Å². The number of piperazine rings is 1. The number of aryl methyl sites for hydroxylation is 1. The van der Waals surface area contributed by atoms with Gasteiger partial charge in [0.15, 0.2) is 0 Å². The first-order valence-corrected chi connectivity index (χ1v) is 8.98. The standard InChI is InChI=1S/C21H23N3O3/c1-16-5-3-8-20(17(16)2)22-11-13-23(14-12-22)21(25)10-9-18-6-4-7-19(15-18)24(26)27/h3-10,15H,11-14H2,1-2H3/b10-9-. The minimum Gasteiger partial charge on any atom is -0.368 e. The molecule has 2 aromatic rings. The molecule has 1 aliphatic rings. The molecule has 1 amide bonds. The van der Waals surface area contributed by atoms with Crippen LogP contribution in [0.5, 0.6) is 0 Å². The Morgan fingerprint density at radius 2 is 1.78 bits per heavy atom. The summed E-state index contributed by atoms with van der Waals surface area (Å²) in [6.45, 7) is 7.14. The summed E-state index contributed by atoms with van der Waals surface area (Å²) in [7, 11) is 0. The third kappa shape index (κ3) is 4.34. The Hall–Kier alpha value is -3.15. The topological polar surface area (TPSA) is 66.7 Å². The fraction of sp³-hybridized carbons (Fsp3) is 0.286. The molecule has 1 saturated heterocycles. The minimum atomic E-state index is -0.439. The smallest absolute Gasteiger partial charge is 0.270 e. The van der Waals surface area contributed by atoms with E-state index in [9.17, 15) is 14.9 Å². The lowest BCUT2D eigenvalue weighted by atomic mass is 10.1. The van der Waals surface area contributed by atoms with Gasteiger partial charge in [0.1, 0.15) is 0 Å². The largest absolute Gasteiger partial charge is 0.368 e. The molecular formula is C21H23N3O3. The van der Waals surface area contributed by atoms with Crippen LogP contribution in [0.25, 0.3) is 6.08 Å². The third-order valence-corrected chi connectivity index (χ3v) is 5.01. The van der Waals surface area contributed by atoms with Crippen molar-refractivity contribution < 1.29 is 9.72 Å². The average molecular weight is 365 g/mol. The zero-order chi connectivity index (χ0) is 19.4. The molecule has 1 aliphatic heterocycles. The van der Waals surface area contributed by atoms with Gasteiger partial charge < -0.3 is 9.80 Å². The number of carbonyl (C=O) groups excluding carboxylic acids is 1. The van der Waals surface area contributed by atoms with Crippen LogP contribution in [-0.4, -0.2) is 41.9 Å². The Bertz CT molecular complexity index is 884. The van der Waals surface area contributed by atoms with Crippen LogP contribution in [0.1, 0.15) is 16.7 Å². The van der Waals surface area contributed by atoms with Crippen LogP contribution in [0, 0.1) is 24.0 Å². The van der Waals surface area contributed by atoms with Gasteiger partial charge in [-0.2, -0.15) is 0 Å². The first-order chi connectivity index (χ1) is 13.0. The van der Waals surface area contributed by atoms with Gasteiger partial charge >= 0.3 is 0 Å². The van der Waals surface area contributed by atoms with Crippen molar-refractivity contribution in [2.45, 2.75) is 13.8 Å². The molecule has 0 aromatic heterocycles. The quantitative estimate of drug-likeness (QED) is 0.472. The Labute approximate surface area is 158 Å².